The molecule has 1 aromatic rings. The minimum Gasteiger partial charge on any atom is -0.497 e. The number of nitrogens with zero attached hydrogens (tertiary/aromatic N) is 1. The van der Waals surface area contributed by atoms with Crippen molar-refractivity contribution >= 4 is 18.3 Å². The first-order chi connectivity index (χ1) is 6.56. The Morgan fingerprint density at radius 2 is 2.14 bits per heavy atom. The van der Waals surface area contributed by atoms with E-state index in [1.54, 1.807) is 0 Å². The highest BCUT2D eigenvalue weighted by Gasteiger charge is 2.19. The molecule has 0 heterocycles. The van der Waals surface area contributed by atoms with E-state index in [0.29, 0.717) is 0 Å². The summed E-state index contributed by atoms with van der Waals surface area (Å²) in [4.78, 5) is 9.79. The first-order valence-electron chi connectivity index (χ1n) is 3.74. The highest BCUT2D eigenvalue weighted by Crippen LogP contribution is 2.17. The zero-order valence-corrected chi connectivity index (χ0v) is 7.38. The zero-order chi connectivity index (χ0) is 10.7. The number of nitro groups is 1. The van der Waals surface area contributed by atoms with Gasteiger partial charge in [0.15, 0.2) is 0 Å². The lowest BCUT2D eigenvalue weighted by molar-refractivity contribution is -0.384. The van der Waals surface area contributed by atoms with Gasteiger partial charge >= 0.3 is 7.12 Å². The lowest BCUT2D eigenvalue weighted by Gasteiger charge is -2.06. The summed E-state index contributed by atoms with van der Waals surface area (Å²) in [5, 5.41) is 28.1. The van der Waals surface area contributed by atoms with E-state index in [0.717, 1.165) is 6.07 Å². The van der Waals surface area contributed by atoms with Crippen molar-refractivity contribution in [2.24, 2.45) is 0 Å². The number of benzene rings is 1. The van der Waals surface area contributed by atoms with Crippen LogP contribution in [-0.4, -0.2) is 29.2 Å². The van der Waals surface area contributed by atoms with Crippen LogP contribution in [0.3, 0.4) is 0 Å². The number of hydrogen-bond acceptors (Lipinski definition) is 5. The van der Waals surface area contributed by atoms with Crippen LogP contribution in [0.15, 0.2) is 18.2 Å². The Balaban J connectivity index is 3.18. The van der Waals surface area contributed by atoms with E-state index in [1.807, 2.05) is 0 Å². The van der Waals surface area contributed by atoms with Crippen LogP contribution in [0.1, 0.15) is 0 Å². The first kappa shape index (κ1) is 10.5. The van der Waals surface area contributed by atoms with Crippen LogP contribution in [0, 0.1) is 10.1 Å². The van der Waals surface area contributed by atoms with Crippen LogP contribution in [0.25, 0.3) is 0 Å². The number of methoxy groups -OCH3 is 1. The second-order valence-corrected chi connectivity index (χ2v) is 2.56. The highest BCUT2D eigenvalue weighted by atomic mass is 16.6. The minimum atomic E-state index is -1.70. The van der Waals surface area contributed by atoms with Gasteiger partial charge in [0.05, 0.1) is 18.1 Å². The van der Waals surface area contributed by atoms with Gasteiger partial charge in [0, 0.05) is 11.5 Å². The molecule has 0 saturated heterocycles. The molecule has 1 aromatic carbocycles. The maximum absolute atomic E-state index is 10.4. The first-order valence-corrected chi connectivity index (χ1v) is 3.74. The van der Waals surface area contributed by atoms with Gasteiger partial charge in [-0.15, -0.1) is 0 Å². The monoisotopic (exact) mass is 197 g/mol. The van der Waals surface area contributed by atoms with E-state index in [-0.39, 0.29) is 16.9 Å². The summed E-state index contributed by atoms with van der Waals surface area (Å²) in [5.41, 5.74) is -0.0654. The Morgan fingerprint density at radius 1 is 1.50 bits per heavy atom. The van der Waals surface area contributed by atoms with Crippen LogP contribution in [0.2, 0.25) is 0 Å². The van der Waals surface area contributed by atoms with Crippen LogP contribution < -0.4 is 10.2 Å². The lowest BCUT2D eigenvalue weighted by Crippen LogP contribution is -2.31. The van der Waals surface area contributed by atoms with Crippen molar-refractivity contribution in [2.45, 2.75) is 0 Å². The maximum atomic E-state index is 10.4. The van der Waals surface area contributed by atoms with Gasteiger partial charge in [-0.2, -0.15) is 0 Å². The van der Waals surface area contributed by atoms with Gasteiger partial charge in [0.25, 0.3) is 5.69 Å². The largest absolute Gasteiger partial charge is 0.497 e. The fourth-order valence-electron chi connectivity index (χ4n) is 1.03. The van der Waals surface area contributed by atoms with Gasteiger partial charge in [-0.1, -0.05) is 6.07 Å². The fourth-order valence-corrected chi connectivity index (χ4v) is 1.03. The van der Waals surface area contributed by atoms with Crippen molar-refractivity contribution < 1.29 is 19.7 Å². The molecule has 0 spiro atoms. The molecule has 0 atom stereocenters. The van der Waals surface area contributed by atoms with E-state index in [9.17, 15) is 10.1 Å². The van der Waals surface area contributed by atoms with Crippen molar-refractivity contribution in [1.29, 1.82) is 0 Å². The number of nitro benzene ring substituents is 1. The third-order valence-corrected chi connectivity index (χ3v) is 1.71. The molecule has 0 bridgehead atoms. The van der Waals surface area contributed by atoms with Crippen LogP contribution >= 0.6 is 0 Å². The number of rotatable bonds is 3. The summed E-state index contributed by atoms with van der Waals surface area (Å²) in [5.74, 6) is 0.0780. The molecule has 74 valence electrons. The topological polar surface area (TPSA) is 92.8 Å². The van der Waals surface area contributed by atoms with Gasteiger partial charge in [-0.25, -0.2) is 0 Å². The molecule has 7 heteroatoms. The average molecular weight is 197 g/mol. The molecule has 0 saturated carbocycles. The number of hydrogen-bond donors (Lipinski definition) is 2. The molecule has 0 amide bonds. The van der Waals surface area contributed by atoms with Gasteiger partial charge < -0.3 is 14.8 Å². The Labute approximate surface area is 80.0 Å². The second kappa shape index (κ2) is 4.08. The van der Waals surface area contributed by atoms with Crippen molar-refractivity contribution in [1.82, 2.24) is 0 Å². The summed E-state index contributed by atoms with van der Waals surface area (Å²) in [7, 11) is -0.406. The normalized spacial score (nSPS) is 9.64. The smallest absolute Gasteiger partial charge is 0.492 e. The molecule has 2 N–H and O–H groups in total. The molecular weight excluding hydrogens is 189 g/mol. The van der Waals surface area contributed by atoms with Crippen molar-refractivity contribution in [3.8, 4) is 5.75 Å². The summed E-state index contributed by atoms with van der Waals surface area (Å²) in [6.45, 7) is 0. The maximum Gasteiger partial charge on any atom is 0.492 e. The quantitative estimate of drug-likeness (QED) is 0.379. The molecule has 0 fully saturated rings. The average Bonchev–Trinajstić information content (AvgIpc) is 2.16. The highest BCUT2D eigenvalue weighted by molar-refractivity contribution is 6.59. The molecule has 0 radical (unpaired) electrons. The predicted molar refractivity (Wildman–Crippen MR) is 49.5 cm³/mol. The van der Waals surface area contributed by atoms with E-state index in [1.165, 1.54) is 19.2 Å². The Hall–Kier alpha value is -1.60. The van der Waals surface area contributed by atoms with E-state index in [4.69, 9.17) is 14.8 Å². The van der Waals surface area contributed by atoms with Crippen LogP contribution in [-0.2, 0) is 0 Å². The molecule has 6 nitrogen and oxygen atoms in total. The van der Waals surface area contributed by atoms with Crippen LogP contribution in [0.5, 0.6) is 5.75 Å². The Morgan fingerprint density at radius 3 is 2.57 bits per heavy atom. The molecular formula is C7H8BNO5. The molecule has 1 rings (SSSR count). The van der Waals surface area contributed by atoms with E-state index < -0.39 is 12.0 Å². The van der Waals surface area contributed by atoms with Crippen molar-refractivity contribution in [3.63, 3.8) is 0 Å². The second-order valence-electron chi connectivity index (χ2n) is 2.56. The molecule has 0 aliphatic carbocycles. The zero-order valence-electron chi connectivity index (χ0n) is 7.38. The number of non-ortho nitro benzene ring substituents is 1. The third kappa shape index (κ3) is 2.01. The van der Waals surface area contributed by atoms with Gasteiger partial charge in [0.1, 0.15) is 5.75 Å². The molecule has 0 aromatic heterocycles. The van der Waals surface area contributed by atoms with E-state index >= 15 is 0 Å². The van der Waals surface area contributed by atoms with Crippen LogP contribution in [0.4, 0.5) is 5.69 Å². The standard InChI is InChI=1S/C7H8BNO5/c1-14-7-4-5(9(12)13)2-3-6(7)8(10)11/h2-4,10-11H,1H3. The Kier molecular flexibility index (Phi) is 3.05. The third-order valence-electron chi connectivity index (χ3n) is 1.71. The molecule has 14 heavy (non-hydrogen) atoms. The SMILES string of the molecule is COc1cc([N+](=O)[O-])ccc1B(O)O. The lowest BCUT2D eigenvalue weighted by atomic mass is 9.79. The van der Waals surface area contributed by atoms with Crippen molar-refractivity contribution in [3.05, 3.63) is 28.3 Å². The minimum absolute atomic E-state index is 0.0780. The summed E-state index contributed by atoms with van der Waals surface area (Å²) < 4.78 is 4.77. The van der Waals surface area contributed by atoms with Gasteiger partial charge in [0.2, 0.25) is 0 Å². The van der Waals surface area contributed by atoms with E-state index in [2.05, 4.69) is 0 Å². The predicted octanol–water partition coefficient (Wildman–Crippen LogP) is -0.717. The Bertz CT molecular complexity index is 354. The van der Waals surface area contributed by atoms with Gasteiger partial charge in [-0.3, -0.25) is 10.1 Å². The fraction of sp³-hybridized carbons (Fsp3) is 0.143. The number of ether oxygens (including phenoxy) is 1. The molecule has 0 unspecified atom stereocenters. The van der Waals surface area contributed by atoms with Gasteiger partial charge in [-0.05, 0) is 0 Å². The summed E-state index contributed by atoms with van der Waals surface area (Å²) in [6.07, 6.45) is 0. The summed E-state index contributed by atoms with van der Waals surface area (Å²) >= 11 is 0. The van der Waals surface area contributed by atoms with Crippen molar-refractivity contribution in [2.75, 3.05) is 7.11 Å². The summed E-state index contributed by atoms with van der Waals surface area (Å²) in [6, 6.07) is 3.55. The molecule has 0 aliphatic heterocycles. The molecule has 0 aliphatic rings.